The highest BCUT2D eigenvalue weighted by molar-refractivity contribution is 6.09. The lowest BCUT2D eigenvalue weighted by Gasteiger charge is -2.22. The second-order valence-corrected chi connectivity index (χ2v) is 10.9. The van der Waals surface area contributed by atoms with Gasteiger partial charge in [-0.1, -0.05) is 103 Å². The molecule has 5 nitrogen and oxygen atoms in total. The van der Waals surface area contributed by atoms with E-state index in [0.29, 0.717) is 0 Å². The molecular weight excluding hydrogens is 538 g/mol. The molecule has 44 heavy (non-hydrogen) atoms. The quantitative estimate of drug-likeness (QED) is 0.219. The van der Waals surface area contributed by atoms with Crippen LogP contribution in [-0.4, -0.2) is 15.4 Å². The molecule has 204 valence electrons. The van der Waals surface area contributed by atoms with Crippen LogP contribution in [-0.2, 0) is 0 Å². The Morgan fingerprint density at radius 2 is 1.14 bits per heavy atom. The molecule has 9 rings (SSSR count). The van der Waals surface area contributed by atoms with Crippen LogP contribution in [0.15, 0.2) is 150 Å². The van der Waals surface area contributed by atoms with Crippen molar-refractivity contribution in [1.82, 2.24) is 15.4 Å². The van der Waals surface area contributed by atoms with Crippen LogP contribution in [0.25, 0.3) is 55.8 Å². The van der Waals surface area contributed by atoms with Crippen LogP contribution in [0.1, 0.15) is 0 Å². The summed E-state index contributed by atoms with van der Waals surface area (Å²) in [4.78, 5) is 10.4. The van der Waals surface area contributed by atoms with Gasteiger partial charge in [0.25, 0.3) is 0 Å². The van der Waals surface area contributed by atoms with E-state index in [0.717, 1.165) is 88.3 Å². The summed E-state index contributed by atoms with van der Waals surface area (Å²) in [6, 6.07) is 46.4. The zero-order valence-electron chi connectivity index (χ0n) is 23.5. The van der Waals surface area contributed by atoms with Gasteiger partial charge in [0.05, 0.1) is 34.0 Å². The molecule has 0 radical (unpaired) electrons. The van der Waals surface area contributed by atoms with Gasteiger partial charge < -0.3 is 0 Å². The summed E-state index contributed by atoms with van der Waals surface area (Å²) in [5, 5.41) is 16.9. The van der Waals surface area contributed by atoms with Crippen molar-refractivity contribution < 1.29 is 0 Å². The van der Waals surface area contributed by atoms with Gasteiger partial charge in [0.15, 0.2) is 0 Å². The molecule has 0 saturated heterocycles. The molecule has 0 saturated carbocycles. The van der Waals surface area contributed by atoms with Crippen LogP contribution in [0.4, 0.5) is 11.4 Å². The van der Waals surface area contributed by atoms with E-state index in [4.69, 9.17) is 9.98 Å². The Bertz CT molecular complexity index is 2480. The Morgan fingerprint density at radius 3 is 1.91 bits per heavy atom. The van der Waals surface area contributed by atoms with Crippen molar-refractivity contribution in [2.24, 2.45) is 9.98 Å². The van der Waals surface area contributed by atoms with Gasteiger partial charge in [-0.25, -0.2) is 9.98 Å². The number of para-hydroxylation sites is 1. The third kappa shape index (κ3) is 3.69. The molecule has 1 aromatic heterocycles. The van der Waals surface area contributed by atoms with E-state index in [2.05, 4.69) is 131 Å². The fourth-order valence-corrected chi connectivity index (χ4v) is 6.64. The molecule has 0 spiro atoms. The maximum atomic E-state index is 5.22. The first kappa shape index (κ1) is 24.5. The molecular formula is C39H23N5. The third-order valence-electron chi connectivity index (χ3n) is 8.51. The van der Waals surface area contributed by atoms with Gasteiger partial charge in [0, 0.05) is 32.7 Å². The van der Waals surface area contributed by atoms with Gasteiger partial charge in [-0.2, -0.15) is 0 Å². The first-order chi connectivity index (χ1) is 21.8. The van der Waals surface area contributed by atoms with Crippen molar-refractivity contribution in [2.45, 2.75) is 0 Å². The van der Waals surface area contributed by atoms with Crippen LogP contribution in [0.3, 0.4) is 0 Å². The molecule has 3 heterocycles. The number of fused-ring (bicyclic) bond motifs is 6. The second kappa shape index (κ2) is 9.75. The summed E-state index contributed by atoms with van der Waals surface area (Å²) >= 11 is 0. The number of hydrogen-bond donors (Lipinski definition) is 0. The summed E-state index contributed by atoms with van der Waals surface area (Å²) in [5.41, 5.74) is 12.2. The lowest BCUT2D eigenvalue weighted by molar-refractivity contribution is 0.871. The van der Waals surface area contributed by atoms with Crippen LogP contribution < -0.4 is 10.7 Å². The Morgan fingerprint density at radius 1 is 0.432 bits per heavy atom. The zero-order valence-corrected chi connectivity index (χ0v) is 23.5. The number of hydrogen-bond acceptors (Lipinski definition) is 5. The average molecular weight is 562 g/mol. The molecule has 0 N–H and O–H groups in total. The molecule has 7 aromatic rings. The van der Waals surface area contributed by atoms with E-state index in [1.807, 2.05) is 18.2 Å². The first-order valence-electron chi connectivity index (χ1n) is 14.6. The van der Waals surface area contributed by atoms with Crippen molar-refractivity contribution in [3.8, 4) is 55.8 Å². The maximum Gasteiger partial charge on any atom is 0.0976 e. The molecule has 0 fully saturated rings. The molecule has 2 aliphatic heterocycles. The lowest BCUT2D eigenvalue weighted by Crippen LogP contribution is -2.03. The number of rotatable bonds is 4. The highest BCUT2D eigenvalue weighted by atomic mass is 15.3. The minimum Gasteiger partial charge on any atom is -0.248 e. The predicted octanol–water partition coefficient (Wildman–Crippen LogP) is 8.02. The molecule has 5 heteroatoms. The zero-order chi connectivity index (χ0) is 29.0. The molecule has 0 amide bonds. The topological polar surface area (TPSA) is 63.4 Å². The van der Waals surface area contributed by atoms with Crippen molar-refractivity contribution in [3.05, 3.63) is 161 Å². The van der Waals surface area contributed by atoms with Crippen molar-refractivity contribution in [1.29, 1.82) is 0 Å². The predicted molar refractivity (Wildman–Crippen MR) is 173 cm³/mol. The SMILES string of the molecule is c1ccc(-c2ccccc2-c2c(-c3ccccc3)cc3c(c2-c2ccnnn2)-c2c4c(ccc2=N3)=c2ccccc2=N4)cc1. The van der Waals surface area contributed by atoms with E-state index in [-0.39, 0.29) is 0 Å². The molecule has 0 atom stereocenters. The van der Waals surface area contributed by atoms with Gasteiger partial charge in [-0.05, 0) is 63.4 Å². The summed E-state index contributed by atoms with van der Waals surface area (Å²) in [6.07, 6.45) is 1.71. The van der Waals surface area contributed by atoms with Crippen LogP contribution in [0.2, 0.25) is 0 Å². The van der Waals surface area contributed by atoms with Crippen molar-refractivity contribution in [2.75, 3.05) is 0 Å². The smallest absolute Gasteiger partial charge is 0.0976 e. The molecule has 0 bridgehead atoms. The molecule has 6 aromatic carbocycles. The summed E-state index contributed by atoms with van der Waals surface area (Å²) in [6.45, 7) is 0. The van der Waals surface area contributed by atoms with Crippen molar-refractivity contribution >= 4 is 11.4 Å². The highest BCUT2D eigenvalue weighted by Crippen LogP contribution is 2.53. The fourth-order valence-electron chi connectivity index (χ4n) is 6.64. The molecule has 0 aliphatic carbocycles. The normalized spacial score (nSPS) is 12.0. The number of aromatic nitrogens is 3. The number of benzene rings is 6. The van der Waals surface area contributed by atoms with Gasteiger partial charge in [0.1, 0.15) is 0 Å². The van der Waals surface area contributed by atoms with E-state index >= 15 is 0 Å². The van der Waals surface area contributed by atoms with E-state index in [1.54, 1.807) is 6.20 Å². The van der Waals surface area contributed by atoms with Gasteiger partial charge >= 0.3 is 0 Å². The Hall–Kier alpha value is -6.07. The van der Waals surface area contributed by atoms with E-state index in [9.17, 15) is 0 Å². The maximum absolute atomic E-state index is 5.22. The largest absolute Gasteiger partial charge is 0.248 e. The monoisotopic (exact) mass is 561 g/mol. The van der Waals surface area contributed by atoms with Crippen LogP contribution >= 0.6 is 0 Å². The van der Waals surface area contributed by atoms with Crippen LogP contribution in [0.5, 0.6) is 0 Å². The first-order valence-corrected chi connectivity index (χ1v) is 14.6. The minimum atomic E-state index is 0.739. The van der Waals surface area contributed by atoms with E-state index in [1.165, 1.54) is 0 Å². The lowest BCUT2D eigenvalue weighted by atomic mass is 9.81. The Kier molecular flexibility index (Phi) is 5.43. The van der Waals surface area contributed by atoms with Gasteiger partial charge in [0.2, 0.25) is 0 Å². The van der Waals surface area contributed by atoms with Crippen molar-refractivity contribution in [3.63, 3.8) is 0 Å². The molecule has 2 aliphatic rings. The Labute approximate surface area is 252 Å². The minimum absolute atomic E-state index is 0.739. The number of nitrogens with zero attached hydrogens (tertiary/aromatic N) is 5. The second-order valence-electron chi connectivity index (χ2n) is 10.9. The van der Waals surface area contributed by atoms with Gasteiger partial charge in [-0.15, -0.1) is 10.2 Å². The summed E-state index contributed by atoms with van der Waals surface area (Å²) in [5.74, 6) is 0. The standard InChI is InChI=1S/C39H23N5/c1-3-11-24(12-4-1)26-15-7-8-17-28(26)35-30(25-13-5-2-6-14-25)23-34-37(36(35)33-21-22-40-44-43-33)38-32(41-34)20-19-29-27-16-9-10-18-31(27)42-39(29)38/h1-23H. The average Bonchev–Trinajstić information content (AvgIpc) is 3.67. The van der Waals surface area contributed by atoms with E-state index < -0.39 is 0 Å². The Balaban J connectivity index is 1.47. The van der Waals surface area contributed by atoms with Gasteiger partial charge in [-0.3, -0.25) is 0 Å². The molecule has 0 unspecified atom stereocenters. The van der Waals surface area contributed by atoms with Crippen LogP contribution in [0, 0.1) is 10.4 Å². The highest BCUT2D eigenvalue weighted by Gasteiger charge is 2.30. The third-order valence-corrected chi connectivity index (χ3v) is 8.51. The fraction of sp³-hybridized carbons (Fsp3) is 0. The summed E-state index contributed by atoms with van der Waals surface area (Å²) in [7, 11) is 0. The summed E-state index contributed by atoms with van der Waals surface area (Å²) < 4.78 is 0.